The van der Waals surface area contributed by atoms with Crippen molar-refractivity contribution in [3.05, 3.63) is 54.3 Å². The molecule has 0 saturated carbocycles. The van der Waals surface area contributed by atoms with E-state index < -0.39 is 0 Å². The number of amides is 1. The van der Waals surface area contributed by atoms with Gasteiger partial charge in [0, 0.05) is 31.0 Å². The van der Waals surface area contributed by atoms with Gasteiger partial charge in [0.25, 0.3) is 5.91 Å². The van der Waals surface area contributed by atoms with Crippen molar-refractivity contribution in [1.82, 2.24) is 35.2 Å². The molecule has 4 aromatic rings. The van der Waals surface area contributed by atoms with E-state index >= 15 is 0 Å². The van der Waals surface area contributed by atoms with Crippen molar-refractivity contribution in [1.29, 1.82) is 0 Å². The molecular weight excluding hydrogens is 402 g/mol. The summed E-state index contributed by atoms with van der Waals surface area (Å²) in [7, 11) is 0. The molecule has 1 fully saturated rings. The Balaban J connectivity index is 1.12. The van der Waals surface area contributed by atoms with E-state index in [1.807, 2.05) is 18.2 Å². The molecule has 0 atom stereocenters. The van der Waals surface area contributed by atoms with E-state index in [-0.39, 0.29) is 18.6 Å². The summed E-state index contributed by atoms with van der Waals surface area (Å²) in [4.78, 5) is 27.1. The van der Waals surface area contributed by atoms with Gasteiger partial charge >= 0.3 is 0 Å². The van der Waals surface area contributed by atoms with Crippen molar-refractivity contribution in [3.8, 4) is 34.4 Å². The number of nitrogens with zero attached hydrogens (tertiary/aromatic N) is 6. The van der Waals surface area contributed by atoms with Crippen LogP contribution in [0.4, 0.5) is 0 Å². The van der Waals surface area contributed by atoms with Gasteiger partial charge in [-0.1, -0.05) is 5.16 Å². The van der Waals surface area contributed by atoms with Crippen molar-refractivity contribution in [3.63, 3.8) is 0 Å². The third-order valence-electron chi connectivity index (χ3n) is 5.20. The summed E-state index contributed by atoms with van der Waals surface area (Å²) in [6.07, 6.45) is 3.23. The summed E-state index contributed by atoms with van der Waals surface area (Å²) in [5.74, 6) is 2.41. The maximum atomic E-state index is 12.8. The molecule has 11 heteroatoms. The first-order chi connectivity index (χ1) is 15.2. The molecule has 1 N–H and O–H groups in total. The lowest BCUT2D eigenvalue weighted by Crippen LogP contribution is -2.48. The van der Waals surface area contributed by atoms with Gasteiger partial charge < -0.3 is 18.9 Å². The van der Waals surface area contributed by atoms with E-state index in [0.29, 0.717) is 53.5 Å². The number of likely N-dealkylation sites (tertiary alicyclic amines) is 1. The molecule has 1 saturated heterocycles. The number of aromatic nitrogens is 6. The lowest BCUT2D eigenvalue weighted by molar-refractivity contribution is 0.0563. The standard InChI is InChI=1S/C20H15N7O4/c28-20(14-7-13(24-25-14)11-2-3-15-16(6-11)30-10-29-15)27-8-12(9-27)19-23-18(26-31-19)17-21-4-1-5-22-17/h1-7,12H,8-10H2,(H,24,25). The summed E-state index contributed by atoms with van der Waals surface area (Å²) >= 11 is 0. The predicted molar refractivity (Wildman–Crippen MR) is 104 cm³/mol. The highest BCUT2D eigenvalue weighted by Crippen LogP contribution is 2.35. The minimum absolute atomic E-state index is 0.0230. The van der Waals surface area contributed by atoms with Gasteiger partial charge in [0.15, 0.2) is 11.5 Å². The Bertz CT molecular complexity index is 1260. The highest BCUT2D eigenvalue weighted by Gasteiger charge is 2.37. The number of rotatable bonds is 4. The average Bonchev–Trinajstić information content (AvgIpc) is 3.52. The van der Waals surface area contributed by atoms with Crippen LogP contribution in [0.25, 0.3) is 22.9 Å². The molecule has 6 rings (SSSR count). The Hall–Kier alpha value is -4.28. The summed E-state index contributed by atoms with van der Waals surface area (Å²) < 4.78 is 16.1. The summed E-state index contributed by atoms with van der Waals surface area (Å²) in [5.41, 5.74) is 1.90. The zero-order chi connectivity index (χ0) is 20.8. The van der Waals surface area contributed by atoms with Gasteiger partial charge in [-0.25, -0.2) is 9.97 Å². The van der Waals surface area contributed by atoms with Gasteiger partial charge in [0.2, 0.25) is 24.3 Å². The molecule has 0 unspecified atom stereocenters. The molecule has 0 bridgehead atoms. The van der Waals surface area contributed by atoms with E-state index in [1.165, 1.54) is 0 Å². The predicted octanol–water partition coefficient (Wildman–Crippen LogP) is 1.88. The van der Waals surface area contributed by atoms with Crippen LogP contribution in [0.1, 0.15) is 22.3 Å². The molecule has 3 aromatic heterocycles. The van der Waals surface area contributed by atoms with Crippen molar-refractivity contribution < 1.29 is 18.8 Å². The second kappa shape index (κ2) is 6.90. The smallest absolute Gasteiger partial charge is 0.271 e. The molecular formula is C20H15N7O4. The molecule has 5 heterocycles. The molecule has 11 nitrogen and oxygen atoms in total. The van der Waals surface area contributed by atoms with Crippen LogP contribution < -0.4 is 9.47 Å². The van der Waals surface area contributed by atoms with E-state index in [0.717, 1.165) is 5.56 Å². The number of carbonyl (C=O) groups is 1. The SMILES string of the molecule is O=C(c1cc(-c2ccc3c(c2)OCO3)n[nH]1)N1CC(c2nc(-c3ncccn3)no2)C1. The van der Waals surface area contributed by atoms with E-state index in [9.17, 15) is 4.79 Å². The molecule has 0 radical (unpaired) electrons. The van der Waals surface area contributed by atoms with Crippen LogP contribution in [0.2, 0.25) is 0 Å². The first-order valence-electron chi connectivity index (χ1n) is 9.60. The topological polar surface area (TPSA) is 132 Å². The Morgan fingerprint density at radius 3 is 2.77 bits per heavy atom. The molecule has 154 valence electrons. The first kappa shape index (κ1) is 17.6. The lowest BCUT2D eigenvalue weighted by Gasteiger charge is -2.36. The molecule has 1 amide bonds. The fourth-order valence-corrected chi connectivity index (χ4v) is 3.51. The molecule has 0 aliphatic carbocycles. The summed E-state index contributed by atoms with van der Waals surface area (Å²) in [6, 6.07) is 8.99. The van der Waals surface area contributed by atoms with Crippen LogP contribution in [0, 0.1) is 0 Å². The fourth-order valence-electron chi connectivity index (χ4n) is 3.51. The van der Waals surface area contributed by atoms with Gasteiger partial charge in [0.1, 0.15) is 5.69 Å². The first-order valence-corrected chi connectivity index (χ1v) is 9.60. The lowest BCUT2D eigenvalue weighted by atomic mass is 9.99. The van der Waals surface area contributed by atoms with Gasteiger partial charge in [-0.05, 0) is 30.3 Å². The third-order valence-corrected chi connectivity index (χ3v) is 5.20. The Labute approximate surface area is 175 Å². The number of aromatic amines is 1. The van der Waals surface area contributed by atoms with E-state index in [2.05, 4.69) is 30.3 Å². The quantitative estimate of drug-likeness (QED) is 0.528. The Kier molecular flexibility index (Phi) is 3.91. The summed E-state index contributed by atoms with van der Waals surface area (Å²) in [5, 5.41) is 11.0. The Morgan fingerprint density at radius 2 is 1.90 bits per heavy atom. The third kappa shape index (κ3) is 3.06. The zero-order valence-corrected chi connectivity index (χ0v) is 16.1. The monoisotopic (exact) mass is 417 g/mol. The van der Waals surface area contributed by atoms with Crippen LogP contribution in [-0.4, -0.2) is 61.0 Å². The second-order valence-corrected chi connectivity index (χ2v) is 7.17. The van der Waals surface area contributed by atoms with Gasteiger partial charge in [-0.15, -0.1) is 0 Å². The average molecular weight is 417 g/mol. The molecule has 2 aliphatic heterocycles. The molecule has 1 aromatic carbocycles. The van der Waals surface area contributed by atoms with Gasteiger partial charge in [-0.2, -0.15) is 10.1 Å². The maximum Gasteiger partial charge on any atom is 0.271 e. The van der Waals surface area contributed by atoms with E-state index in [1.54, 1.807) is 29.4 Å². The number of hydrogen-bond acceptors (Lipinski definition) is 9. The van der Waals surface area contributed by atoms with Crippen LogP contribution in [-0.2, 0) is 0 Å². The highest BCUT2D eigenvalue weighted by atomic mass is 16.7. The minimum atomic E-state index is -0.137. The number of hydrogen-bond donors (Lipinski definition) is 1. The van der Waals surface area contributed by atoms with Gasteiger partial charge in [-0.3, -0.25) is 9.89 Å². The van der Waals surface area contributed by atoms with Crippen LogP contribution in [0.15, 0.2) is 47.2 Å². The summed E-state index contributed by atoms with van der Waals surface area (Å²) in [6.45, 7) is 1.17. The number of fused-ring (bicyclic) bond motifs is 1. The number of H-pyrrole nitrogens is 1. The maximum absolute atomic E-state index is 12.8. The zero-order valence-electron chi connectivity index (χ0n) is 16.1. The number of carbonyl (C=O) groups excluding carboxylic acids is 1. The van der Waals surface area contributed by atoms with E-state index in [4.69, 9.17) is 14.0 Å². The largest absolute Gasteiger partial charge is 0.454 e. The van der Waals surface area contributed by atoms with Crippen molar-refractivity contribution >= 4 is 5.91 Å². The number of ether oxygens (including phenoxy) is 2. The fraction of sp³-hybridized carbons (Fsp3) is 0.200. The van der Waals surface area contributed by atoms with Gasteiger partial charge in [0.05, 0.1) is 11.6 Å². The van der Waals surface area contributed by atoms with Crippen molar-refractivity contribution in [2.24, 2.45) is 0 Å². The minimum Gasteiger partial charge on any atom is -0.454 e. The number of nitrogens with one attached hydrogen (secondary N) is 1. The molecule has 0 spiro atoms. The highest BCUT2D eigenvalue weighted by molar-refractivity contribution is 5.94. The van der Waals surface area contributed by atoms with Crippen LogP contribution in [0.3, 0.4) is 0 Å². The molecule has 31 heavy (non-hydrogen) atoms. The van der Waals surface area contributed by atoms with Crippen LogP contribution in [0.5, 0.6) is 11.5 Å². The van der Waals surface area contributed by atoms with Crippen LogP contribution >= 0.6 is 0 Å². The number of benzene rings is 1. The molecule has 2 aliphatic rings. The normalized spacial score (nSPS) is 15.2. The van der Waals surface area contributed by atoms with Crippen molar-refractivity contribution in [2.45, 2.75) is 5.92 Å². The second-order valence-electron chi connectivity index (χ2n) is 7.17. The Morgan fingerprint density at radius 1 is 1.06 bits per heavy atom. The van der Waals surface area contributed by atoms with Crippen molar-refractivity contribution in [2.75, 3.05) is 19.9 Å².